The van der Waals surface area contributed by atoms with E-state index in [2.05, 4.69) is 0 Å². The normalized spacial score (nSPS) is 16.5. The van der Waals surface area contributed by atoms with Crippen molar-refractivity contribution >= 4 is 52.2 Å². The maximum Gasteiger partial charge on any atom is 0.305 e. The van der Waals surface area contributed by atoms with Crippen LogP contribution in [0.15, 0.2) is 29.2 Å². The smallest absolute Gasteiger partial charge is 0.305 e. The Morgan fingerprint density at radius 2 is 2.00 bits per heavy atom. The molecular weight excluding hydrogens is 402 g/mol. The number of hydrogen-bond donors (Lipinski definition) is 2. The molecule has 0 bridgehead atoms. The summed E-state index contributed by atoms with van der Waals surface area (Å²) in [6.45, 7) is 2.35. The first-order chi connectivity index (χ1) is 13.3. The average Bonchev–Trinajstić information content (AvgIpc) is 2.89. The van der Waals surface area contributed by atoms with Crippen molar-refractivity contribution in [2.45, 2.75) is 38.6 Å². The number of para-hydroxylation sites is 1. The third-order valence-corrected chi connectivity index (χ3v) is 5.36. The van der Waals surface area contributed by atoms with Crippen molar-refractivity contribution in [3.8, 4) is 5.75 Å². The molecule has 150 valence electrons. The highest BCUT2D eigenvalue weighted by Gasteiger charge is 2.38. The number of nitrogens with zero attached hydrogens (tertiary/aromatic N) is 1. The zero-order chi connectivity index (χ0) is 20.7. The molecule has 9 heteroatoms. The Morgan fingerprint density at radius 1 is 1.29 bits per heavy atom. The van der Waals surface area contributed by atoms with Crippen LogP contribution in [0.4, 0.5) is 0 Å². The molecule has 1 aromatic rings. The van der Waals surface area contributed by atoms with Crippen LogP contribution in [0.2, 0.25) is 0 Å². The molecule has 1 aliphatic rings. The molecule has 1 amide bonds. The monoisotopic (exact) mass is 423 g/mol. The van der Waals surface area contributed by atoms with Gasteiger partial charge in [-0.05, 0) is 31.9 Å². The lowest BCUT2D eigenvalue weighted by Crippen LogP contribution is -2.40. The van der Waals surface area contributed by atoms with Crippen molar-refractivity contribution in [3.05, 3.63) is 34.7 Å². The first-order valence-corrected chi connectivity index (χ1v) is 9.98. The third-order valence-electron chi connectivity index (χ3n) is 4.03. The lowest BCUT2D eigenvalue weighted by Gasteiger charge is -2.25. The summed E-state index contributed by atoms with van der Waals surface area (Å²) in [5, 5.41) is 18.0. The van der Waals surface area contributed by atoms with E-state index in [4.69, 9.17) is 22.1 Å². The Labute approximate surface area is 172 Å². The number of thioether (sulfide) groups is 1. The van der Waals surface area contributed by atoms with E-state index < -0.39 is 18.0 Å². The van der Waals surface area contributed by atoms with Gasteiger partial charge in [0.15, 0.2) is 0 Å². The SMILES string of the molecule is CCOc1ccccc1C=C1SC(=S)N(C(CCCC(=O)O)CC(=O)O)C1=O. The zero-order valence-corrected chi connectivity index (χ0v) is 16.9. The number of rotatable bonds is 10. The molecule has 0 saturated carbocycles. The number of aliphatic carboxylic acids is 2. The predicted octanol–water partition coefficient (Wildman–Crippen LogP) is 3.38. The van der Waals surface area contributed by atoms with Gasteiger partial charge in [0, 0.05) is 18.0 Å². The Bertz CT molecular complexity index is 807. The Kier molecular flexibility index (Phi) is 8.01. The van der Waals surface area contributed by atoms with Crippen molar-refractivity contribution < 1.29 is 29.3 Å². The number of carbonyl (C=O) groups is 3. The number of amides is 1. The maximum atomic E-state index is 12.9. The summed E-state index contributed by atoms with van der Waals surface area (Å²) in [6, 6.07) is 6.60. The molecule has 0 aliphatic carbocycles. The first-order valence-electron chi connectivity index (χ1n) is 8.76. The number of carbonyl (C=O) groups excluding carboxylic acids is 1. The standard InChI is InChI=1S/C19H21NO6S2/c1-2-26-14-8-4-3-6-12(14)10-15-18(25)20(19(27)28-15)13(11-17(23)24)7-5-9-16(21)22/h3-4,6,8,10,13H,2,5,7,9,11H2,1H3,(H,21,22)(H,23,24). The fourth-order valence-electron chi connectivity index (χ4n) is 2.84. The van der Waals surface area contributed by atoms with E-state index in [-0.39, 0.29) is 35.9 Å². The number of carboxylic acid groups (broad SMARTS) is 2. The predicted molar refractivity (Wildman–Crippen MR) is 110 cm³/mol. The van der Waals surface area contributed by atoms with E-state index in [9.17, 15) is 19.5 Å². The second kappa shape index (κ2) is 10.2. The van der Waals surface area contributed by atoms with Gasteiger partial charge in [-0.25, -0.2) is 0 Å². The van der Waals surface area contributed by atoms with Gasteiger partial charge in [0.25, 0.3) is 5.91 Å². The minimum atomic E-state index is -1.07. The van der Waals surface area contributed by atoms with Crippen LogP contribution < -0.4 is 4.74 Å². The van der Waals surface area contributed by atoms with Crippen LogP contribution in [0.3, 0.4) is 0 Å². The molecule has 0 radical (unpaired) electrons. The van der Waals surface area contributed by atoms with Crippen LogP contribution in [0, 0.1) is 0 Å². The van der Waals surface area contributed by atoms with Gasteiger partial charge in [0.05, 0.1) is 17.9 Å². The van der Waals surface area contributed by atoms with E-state index in [1.165, 1.54) is 4.90 Å². The van der Waals surface area contributed by atoms with E-state index in [1.54, 1.807) is 12.1 Å². The largest absolute Gasteiger partial charge is 0.493 e. The van der Waals surface area contributed by atoms with Crippen LogP contribution in [0.5, 0.6) is 5.75 Å². The summed E-state index contributed by atoms with van der Waals surface area (Å²) in [5.41, 5.74) is 0.727. The summed E-state index contributed by atoms with van der Waals surface area (Å²) in [7, 11) is 0. The molecule has 0 spiro atoms. The van der Waals surface area contributed by atoms with Crippen LogP contribution in [-0.2, 0) is 14.4 Å². The van der Waals surface area contributed by atoms with Crippen LogP contribution in [-0.4, -0.2) is 49.9 Å². The third kappa shape index (κ3) is 5.80. The molecule has 1 aromatic carbocycles. The molecule has 1 aliphatic heterocycles. The highest BCUT2D eigenvalue weighted by atomic mass is 32.2. The van der Waals surface area contributed by atoms with Gasteiger partial charge in [0.2, 0.25) is 0 Å². The van der Waals surface area contributed by atoms with Crippen LogP contribution in [0.25, 0.3) is 6.08 Å². The molecule has 2 rings (SSSR count). The highest BCUT2D eigenvalue weighted by molar-refractivity contribution is 8.26. The Morgan fingerprint density at radius 3 is 2.64 bits per heavy atom. The number of thiocarbonyl (C=S) groups is 1. The van der Waals surface area contributed by atoms with Crippen molar-refractivity contribution in [3.63, 3.8) is 0 Å². The summed E-state index contributed by atoms with van der Waals surface area (Å²) in [4.78, 5) is 36.6. The van der Waals surface area contributed by atoms with E-state index in [0.29, 0.717) is 17.3 Å². The fourth-order valence-corrected chi connectivity index (χ4v) is 4.23. The van der Waals surface area contributed by atoms with Gasteiger partial charge in [0.1, 0.15) is 10.1 Å². The van der Waals surface area contributed by atoms with E-state index >= 15 is 0 Å². The molecule has 1 fully saturated rings. The zero-order valence-electron chi connectivity index (χ0n) is 15.3. The van der Waals surface area contributed by atoms with Crippen molar-refractivity contribution in [2.24, 2.45) is 0 Å². The molecule has 1 saturated heterocycles. The van der Waals surface area contributed by atoms with Gasteiger partial charge in [-0.3, -0.25) is 19.3 Å². The van der Waals surface area contributed by atoms with E-state index in [1.807, 2.05) is 25.1 Å². The number of hydrogen-bond acceptors (Lipinski definition) is 6. The molecule has 0 aromatic heterocycles. The van der Waals surface area contributed by atoms with Crippen molar-refractivity contribution in [1.82, 2.24) is 4.90 Å². The highest BCUT2D eigenvalue weighted by Crippen LogP contribution is 2.36. The van der Waals surface area contributed by atoms with Crippen LogP contribution >= 0.6 is 24.0 Å². The first kappa shape index (κ1) is 21.9. The summed E-state index contributed by atoms with van der Waals surface area (Å²) >= 11 is 6.42. The van der Waals surface area contributed by atoms with Gasteiger partial charge >= 0.3 is 11.9 Å². The second-order valence-electron chi connectivity index (χ2n) is 6.06. The van der Waals surface area contributed by atoms with Crippen LogP contribution in [0.1, 0.15) is 38.2 Å². The Balaban J connectivity index is 2.24. The van der Waals surface area contributed by atoms with Crippen molar-refractivity contribution in [1.29, 1.82) is 0 Å². The van der Waals surface area contributed by atoms with Gasteiger partial charge in [-0.15, -0.1) is 0 Å². The molecule has 28 heavy (non-hydrogen) atoms. The molecule has 1 atom stereocenters. The Hall–Kier alpha value is -2.39. The molecule has 1 unspecified atom stereocenters. The number of carboxylic acids is 2. The fraction of sp³-hybridized carbons (Fsp3) is 0.368. The molecule has 1 heterocycles. The topological polar surface area (TPSA) is 104 Å². The van der Waals surface area contributed by atoms with Gasteiger partial charge in [-0.2, -0.15) is 0 Å². The summed E-state index contributed by atoms with van der Waals surface area (Å²) in [6.07, 6.45) is 1.79. The van der Waals surface area contributed by atoms with Gasteiger partial charge < -0.3 is 14.9 Å². The molecule has 2 N–H and O–H groups in total. The molecule has 7 nitrogen and oxygen atoms in total. The lowest BCUT2D eigenvalue weighted by molar-refractivity contribution is -0.138. The van der Waals surface area contributed by atoms with Gasteiger partial charge in [-0.1, -0.05) is 42.2 Å². The van der Waals surface area contributed by atoms with E-state index in [0.717, 1.165) is 17.3 Å². The number of ether oxygens (including phenoxy) is 1. The number of benzene rings is 1. The lowest BCUT2D eigenvalue weighted by atomic mass is 10.0. The minimum absolute atomic E-state index is 0.0948. The molecular formula is C19H21NO6S2. The second-order valence-corrected chi connectivity index (χ2v) is 7.74. The summed E-state index contributed by atoms with van der Waals surface area (Å²) < 4.78 is 5.84. The quantitative estimate of drug-likeness (QED) is 0.436. The average molecular weight is 424 g/mol. The summed E-state index contributed by atoms with van der Waals surface area (Å²) in [5.74, 6) is -1.77. The minimum Gasteiger partial charge on any atom is -0.493 e. The maximum absolute atomic E-state index is 12.9. The van der Waals surface area contributed by atoms with Crippen molar-refractivity contribution in [2.75, 3.05) is 6.61 Å².